The van der Waals surface area contributed by atoms with E-state index in [0.29, 0.717) is 178 Å². The molecule has 1 atom stereocenters. The van der Waals surface area contributed by atoms with Crippen molar-refractivity contribution in [2.75, 3.05) is 178 Å². The average Bonchev–Trinajstić information content (AvgIpc) is 3.10. The van der Waals surface area contributed by atoms with Gasteiger partial charge in [0.15, 0.2) is 0 Å². The third-order valence-electron chi connectivity index (χ3n) is 6.32. The molecule has 0 aromatic rings. The summed E-state index contributed by atoms with van der Waals surface area (Å²) >= 11 is 0. The maximum Gasteiger partial charge on any atom is 0.308 e. The lowest BCUT2D eigenvalue weighted by Crippen LogP contribution is -2.15. The molecule has 0 heterocycles. The first kappa shape index (κ1) is 48.0. The van der Waals surface area contributed by atoms with Crippen LogP contribution in [0.25, 0.3) is 0 Å². The van der Waals surface area contributed by atoms with Crippen LogP contribution in [0.1, 0.15) is 33.6 Å². The number of carbonyl (C=O) groups is 1. The zero-order valence-corrected chi connectivity index (χ0v) is 30.7. The Morgan fingerprint density at radius 3 is 0.816 bits per heavy atom. The van der Waals surface area contributed by atoms with Crippen LogP contribution in [-0.2, 0) is 71.1 Å². The van der Waals surface area contributed by atoms with Crippen LogP contribution >= 0.6 is 0 Å². The fourth-order valence-electron chi connectivity index (χ4n) is 3.43. The van der Waals surface area contributed by atoms with Gasteiger partial charge in [-0.25, -0.2) is 0 Å². The first-order valence-electron chi connectivity index (χ1n) is 17.9. The van der Waals surface area contributed by atoms with E-state index >= 15 is 0 Å². The molecular formula is C34H68O15. The van der Waals surface area contributed by atoms with Crippen LogP contribution in [0, 0.1) is 5.92 Å². The Bertz CT molecular complexity index is 632. The fourth-order valence-corrected chi connectivity index (χ4v) is 3.43. The highest BCUT2D eigenvalue weighted by Crippen LogP contribution is 2.00. The van der Waals surface area contributed by atoms with Gasteiger partial charge in [0, 0.05) is 6.61 Å². The maximum absolute atomic E-state index is 11.2. The van der Waals surface area contributed by atoms with Crippen molar-refractivity contribution in [2.45, 2.75) is 33.6 Å². The van der Waals surface area contributed by atoms with E-state index in [1.54, 1.807) is 6.92 Å². The number of rotatable bonds is 43. The molecule has 0 N–H and O–H groups in total. The Labute approximate surface area is 295 Å². The van der Waals surface area contributed by atoms with Gasteiger partial charge < -0.3 is 66.3 Å². The molecule has 0 radical (unpaired) electrons. The molecule has 0 bridgehead atoms. The minimum atomic E-state index is -0.251. The van der Waals surface area contributed by atoms with Gasteiger partial charge in [0.2, 0.25) is 0 Å². The van der Waals surface area contributed by atoms with Crippen LogP contribution in [0.5, 0.6) is 0 Å². The molecular weight excluding hydrogens is 648 g/mol. The minimum Gasteiger partial charge on any atom is -0.466 e. The molecule has 294 valence electrons. The molecule has 0 fully saturated rings. The SMILES string of the molecule is CCOC(=O)CCOCCOCCOCCOCCOCCOCCOCCOCCOCCOCCOCCOCCOCC(C)CC. The molecule has 15 nitrogen and oxygen atoms in total. The van der Waals surface area contributed by atoms with Crippen molar-refractivity contribution in [1.82, 2.24) is 0 Å². The second-order valence-electron chi connectivity index (χ2n) is 10.5. The summed E-state index contributed by atoms with van der Waals surface area (Å²) in [7, 11) is 0. The van der Waals surface area contributed by atoms with Crippen LogP contribution in [0.4, 0.5) is 0 Å². The Kier molecular flexibility index (Phi) is 42.2. The quantitative estimate of drug-likeness (QED) is 0.0671. The molecule has 0 saturated carbocycles. The summed E-state index contributed by atoms with van der Waals surface area (Å²) in [5.41, 5.74) is 0. The predicted octanol–water partition coefficient (Wildman–Crippen LogP) is 2.20. The zero-order valence-electron chi connectivity index (χ0n) is 30.7. The standard InChI is InChI=1S/C34H68O15/c1-4-33(3)32-48-31-30-47-29-28-46-27-26-45-25-24-44-23-22-43-21-20-42-19-18-41-17-16-40-15-14-39-13-12-38-11-10-37-9-8-36-7-6-34(35)49-5-2/h33H,4-32H2,1-3H3. The molecule has 0 rings (SSSR count). The normalized spacial score (nSPS) is 12.1. The van der Waals surface area contributed by atoms with Gasteiger partial charge in [-0.05, 0) is 12.8 Å². The molecule has 0 aliphatic carbocycles. The topological polar surface area (TPSA) is 146 Å². The lowest BCUT2D eigenvalue weighted by molar-refractivity contribution is -0.144. The predicted molar refractivity (Wildman–Crippen MR) is 181 cm³/mol. The Morgan fingerprint density at radius 2 is 0.592 bits per heavy atom. The highest BCUT2D eigenvalue weighted by Gasteiger charge is 2.01. The number of hydrogen-bond acceptors (Lipinski definition) is 15. The van der Waals surface area contributed by atoms with E-state index in [1.807, 2.05) is 0 Å². The summed E-state index contributed by atoms with van der Waals surface area (Å²) in [4.78, 5) is 11.2. The lowest BCUT2D eigenvalue weighted by Gasteiger charge is -2.10. The second kappa shape index (κ2) is 43.1. The highest BCUT2D eigenvalue weighted by molar-refractivity contribution is 5.69. The summed E-state index contributed by atoms with van der Waals surface area (Å²) in [5, 5.41) is 0. The molecule has 0 aromatic carbocycles. The van der Waals surface area contributed by atoms with Crippen LogP contribution in [0.15, 0.2) is 0 Å². The van der Waals surface area contributed by atoms with Crippen LogP contribution in [-0.4, -0.2) is 184 Å². The molecule has 0 spiro atoms. The Morgan fingerprint density at radius 1 is 0.367 bits per heavy atom. The van der Waals surface area contributed by atoms with Gasteiger partial charge in [0.25, 0.3) is 0 Å². The monoisotopic (exact) mass is 716 g/mol. The molecule has 49 heavy (non-hydrogen) atoms. The molecule has 0 saturated heterocycles. The molecule has 0 amide bonds. The van der Waals surface area contributed by atoms with Crippen molar-refractivity contribution in [2.24, 2.45) is 5.92 Å². The third-order valence-corrected chi connectivity index (χ3v) is 6.32. The van der Waals surface area contributed by atoms with Gasteiger partial charge >= 0.3 is 5.97 Å². The van der Waals surface area contributed by atoms with Gasteiger partial charge in [0.1, 0.15) is 0 Å². The second-order valence-corrected chi connectivity index (χ2v) is 10.5. The van der Waals surface area contributed by atoms with Gasteiger partial charge in [-0.2, -0.15) is 0 Å². The van der Waals surface area contributed by atoms with Gasteiger partial charge in [-0.15, -0.1) is 0 Å². The van der Waals surface area contributed by atoms with E-state index < -0.39 is 0 Å². The number of ether oxygens (including phenoxy) is 14. The number of hydrogen-bond donors (Lipinski definition) is 0. The minimum absolute atomic E-state index is 0.251. The smallest absolute Gasteiger partial charge is 0.308 e. The summed E-state index contributed by atoms with van der Waals surface area (Å²) < 4.78 is 75.8. The molecule has 0 aromatic heterocycles. The van der Waals surface area contributed by atoms with Crippen molar-refractivity contribution in [1.29, 1.82) is 0 Å². The first-order valence-corrected chi connectivity index (χ1v) is 17.9. The Hall–Kier alpha value is -1.05. The maximum atomic E-state index is 11.2. The van der Waals surface area contributed by atoms with Crippen LogP contribution in [0.2, 0.25) is 0 Å². The molecule has 0 aliphatic heterocycles. The van der Waals surface area contributed by atoms with E-state index in [-0.39, 0.29) is 12.4 Å². The molecule has 0 aliphatic rings. The van der Waals surface area contributed by atoms with Crippen molar-refractivity contribution < 1.29 is 71.1 Å². The fraction of sp³-hybridized carbons (Fsp3) is 0.971. The molecule has 15 heteroatoms. The average molecular weight is 717 g/mol. The highest BCUT2D eigenvalue weighted by atomic mass is 16.6. The van der Waals surface area contributed by atoms with Crippen LogP contribution in [0.3, 0.4) is 0 Å². The van der Waals surface area contributed by atoms with E-state index in [2.05, 4.69) is 13.8 Å². The van der Waals surface area contributed by atoms with E-state index in [9.17, 15) is 4.79 Å². The first-order chi connectivity index (χ1) is 24.2. The summed E-state index contributed by atoms with van der Waals surface area (Å²) in [5.74, 6) is 0.342. The summed E-state index contributed by atoms with van der Waals surface area (Å²) in [6, 6.07) is 0. The summed E-state index contributed by atoms with van der Waals surface area (Å²) in [6.07, 6.45) is 1.38. The summed E-state index contributed by atoms with van der Waals surface area (Å²) in [6.45, 7) is 19.8. The van der Waals surface area contributed by atoms with Crippen molar-refractivity contribution >= 4 is 5.97 Å². The largest absolute Gasteiger partial charge is 0.466 e. The van der Waals surface area contributed by atoms with Crippen LogP contribution < -0.4 is 0 Å². The van der Waals surface area contributed by atoms with Crippen molar-refractivity contribution in [3.8, 4) is 0 Å². The number of carbonyl (C=O) groups excluding carboxylic acids is 1. The van der Waals surface area contributed by atoms with E-state index in [1.165, 1.54) is 0 Å². The van der Waals surface area contributed by atoms with Gasteiger partial charge in [-0.3, -0.25) is 4.79 Å². The Balaban J connectivity index is 3.07. The number of esters is 1. The third kappa shape index (κ3) is 43.0. The van der Waals surface area contributed by atoms with Crippen molar-refractivity contribution in [3.63, 3.8) is 0 Å². The molecule has 1 unspecified atom stereocenters. The van der Waals surface area contributed by atoms with E-state index in [0.717, 1.165) is 13.0 Å². The lowest BCUT2D eigenvalue weighted by atomic mass is 10.1. The van der Waals surface area contributed by atoms with Crippen molar-refractivity contribution in [3.05, 3.63) is 0 Å². The van der Waals surface area contributed by atoms with E-state index in [4.69, 9.17) is 66.3 Å². The zero-order chi connectivity index (χ0) is 35.6. The van der Waals surface area contributed by atoms with Gasteiger partial charge in [0.05, 0.1) is 178 Å². The van der Waals surface area contributed by atoms with Gasteiger partial charge in [-0.1, -0.05) is 20.3 Å².